The molecule has 1 atom stereocenters. The second kappa shape index (κ2) is 5.30. The van der Waals surface area contributed by atoms with Crippen LogP contribution in [0.4, 0.5) is 4.39 Å². The predicted molar refractivity (Wildman–Crippen MR) is 83.0 cm³/mol. The molecule has 1 aliphatic carbocycles. The van der Waals surface area contributed by atoms with Gasteiger partial charge in [-0.2, -0.15) is 0 Å². The molecule has 2 N–H and O–H groups in total. The normalized spacial score (nSPS) is 21.6. The third kappa shape index (κ3) is 2.52. The SMILES string of the molecule is NC1(Cc2ccc(F)c(Br)c2)CCCc2ccccc21. The number of rotatable bonds is 2. The summed E-state index contributed by atoms with van der Waals surface area (Å²) in [5.41, 5.74) is 10.00. The summed E-state index contributed by atoms with van der Waals surface area (Å²) in [5.74, 6) is -0.233. The Morgan fingerprint density at radius 3 is 2.80 bits per heavy atom. The Morgan fingerprint density at radius 2 is 2.00 bits per heavy atom. The highest BCUT2D eigenvalue weighted by Crippen LogP contribution is 2.36. The summed E-state index contributed by atoms with van der Waals surface area (Å²) < 4.78 is 13.8. The van der Waals surface area contributed by atoms with Gasteiger partial charge in [-0.05, 0) is 70.4 Å². The molecule has 0 aliphatic heterocycles. The first-order valence-electron chi connectivity index (χ1n) is 6.90. The molecule has 0 bridgehead atoms. The molecule has 0 spiro atoms. The molecule has 1 unspecified atom stereocenters. The summed E-state index contributed by atoms with van der Waals surface area (Å²) in [6.07, 6.45) is 3.92. The van der Waals surface area contributed by atoms with Crippen molar-refractivity contribution >= 4 is 15.9 Å². The minimum atomic E-state index is -0.341. The van der Waals surface area contributed by atoms with Gasteiger partial charge >= 0.3 is 0 Å². The van der Waals surface area contributed by atoms with Crippen LogP contribution < -0.4 is 5.73 Å². The van der Waals surface area contributed by atoms with Crippen molar-refractivity contribution in [3.63, 3.8) is 0 Å². The van der Waals surface area contributed by atoms with Crippen molar-refractivity contribution in [2.24, 2.45) is 5.73 Å². The average molecular weight is 334 g/mol. The monoisotopic (exact) mass is 333 g/mol. The smallest absolute Gasteiger partial charge is 0.137 e. The Morgan fingerprint density at radius 1 is 1.20 bits per heavy atom. The standard InChI is InChI=1S/C17H17BrFN/c18-15-10-12(7-8-16(15)19)11-17(20)9-3-5-13-4-1-2-6-14(13)17/h1-2,4,6-8,10H,3,5,9,11,20H2. The van der Waals surface area contributed by atoms with E-state index in [1.165, 1.54) is 17.2 Å². The summed E-state index contributed by atoms with van der Waals surface area (Å²) in [5, 5.41) is 0. The summed E-state index contributed by atoms with van der Waals surface area (Å²) >= 11 is 3.24. The molecule has 0 fully saturated rings. The van der Waals surface area contributed by atoms with E-state index >= 15 is 0 Å². The van der Waals surface area contributed by atoms with Gasteiger partial charge in [-0.3, -0.25) is 0 Å². The first kappa shape index (κ1) is 13.8. The molecule has 0 saturated heterocycles. The molecule has 1 aliphatic rings. The average Bonchev–Trinajstić information content (AvgIpc) is 2.43. The maximum atomic E-state index is 13.3. The van der Waals surface area contributed by atoms with Crippen molar-refractivity contribution in [1.29, 1.82) is 0 Å². The molecule has 0 aromatic heterocycles. The van der Waals surface area contributed by atoms with E-state index in [1.807, 2.05) is 18.2 Å². The van der Waals surface area contributed by atoms with Gasteiger partial charge in [0, 0.05) is 5.54 Å². The van der Waals surface area contributed by atoms with Crippen LogP contribution in [0.25, 0.3) is 0 Å². The minimum absolute atomic E-state index is 0.233. The maximum Gasteiger partial charge on any atom is 0.137 e. The fourth-order valence-corrected chi connectivity index (χ4v) is 3.58. The van der Waals surface area contributed by atoms with Crippen LogP contribution in [0.1, 0.15) is 29.5 Å². The number of aryl methyl sites for hydroxylation is 1. The number of hydrogen-bond acceptors (Lipinski definition) is 1. The first-order chi connectivity index (χ1) is 9.58. The van der Waals surface area contributed by atoms with Crippen molar-refractivity contribution in [2.75, 3.05) is 0 Å². The van der Waals surface area contributed by atoms with Crippen molar-refractivity contribution in [1.82, 2.24) is 0 Å². The van der Waals surface area contributed by atoms with Gasteiger partial charge < -0.3 is 5.73 Å². The van der Waals surface area contributed by atoms with E-state index in [-0.39, 0.29) is 11.4 Å². The molecule has 104 valence electrons. The molecule has 0 saturated carbocycles. The Balaban J connectivity index is 1.95. The minimum Gasteiger partial charge on any atom is -0.321 e. The number of fused-ring (bicyclic) bond motifs is 1. The Bertz CT molecular complexity index is 641. The van der Waals surface area contributed by atoms with Crippen LogP contribution in [-0.2, 0) is 18.4 Å². The first-order valence-corrected chi connectivity index (χ1v) is 7.69. The van der Waals surface area contributed by atoms with E-state index in [9.17, 15) is 4.39 Å². The Kier molecular flexibility index (Phi) is 3.65. The third-order valence-corrected chi connectivity index (χ3v) is 4.73. The number of nitrogens with two attached hydrogens (primary N) is 1. The van der Waals surface area contributed by atoms with E-state index in [0.29, 0.717) is 4.47 Å². The largest absolute Gasteiger partial charge is 0.321 e. The number of halogens is 2. The predicted octanol–water partition coefficient (Wildman–Crippen LogP) is 4.32. The van der Waals surface area contributed by atoms with Crippen molar-refractivity contribution in [2.45, 2.75) is 31.2 Å². The molecular formula is C17H17BrFN. The van der Waals surface area contributed by atoms with Gasteiger partial charge in [0.25, 0.3) is 0 Å². The zero-order valence-corrected chi connectivity index (χ0v) is 12.8. The molecule has 1 nitrogen and oxygen atoms in total. The van der Waals surface area contributed by atoms with Crippen molar-refractivity contribution in [3.8, 4) is 0 Å². The van der Waals surface area contributed by atoms with Crippen molar-refractivity contribution in [3.05, 3.63) is 69.4 Å². The van der Waals surface area contributed by atoms with Gasteiger partial charge in [0.1, 0.15) is 5.82 Å². The Hall–Kier alpha value is -1.19. The third-order valence-electron chi connectivity index (χ3n) is 4.13. The summed E-state index contributed by atoms with van der Waals surface area (Å²) in [6.45, 7) is 0. The molecule has 0 amide bonds. The van der Waals surface area contributed by atoms with Crippen LogP contribution >= 0.6 is 15.9 Å². The zero-order valence-electron chi connectivity index (χ0n) is 11.2. The second-order valence-electron chi connectivity index (χ2n) is 5.59. The van der Waals surface area contributed by atoms with Crippen LogP contribution in [0.2, 0.25) is 0 Å². The fraction of sp³-hybridized carbons (Fsp3) is 0.294. The van der Waals surface area contributed by atoms with Crippen LogP contribution in [0, 0.1) is 5.82 Å². The lowest BCUT2D eigenvalue weighted by Gasteiger charge is -2.36. The van der Waals surface area contributed by atoms with Crippen molar-refractivity contribution < 1.29 is 4.39 Å². The molecule has 20 heavy (non-hydrogen) atoms. The van der Waals surface area contributed by atoms with Gasteiger partial charge in [-0.1, -0.05) is 30.3 Å². The highest BCUT2D eigenvalue weighted by Gasteiger charge is 2.32. The van der Waals surface area contributed by atoms with Crippen LogP contribution in [0.15, 0.2) is 46.9 Å². The highest BCUT2D eigenvalue weighted by atomic mass is 79.9. The molecule has 3 rings (SSSR count). The highest BCUT2D eigenvalue weighted by molar-refractivity contribution is 9.10. The van der Waals surface area contributed by atoms with E-state index in [2.05, 4.69) is 34.1 Å². The summed E-state index contributed by atoms with van der Waals surface area (Å²) in [4.78, 5) is 0. The molecule has 0 radical (unpaired) electrons. The fourth-order valence-electron chi connectivity index (χ4n) is 3.15. The lowest BCUT2D eigenvalue weighted by molar-refractivity contribution is 0.369. The van der Waals surface area contributed by atoms with Crippen LogP contribution in [0.3, 0.4) is 0 Å². The molecule has 3 heteroatoms. The number of hydrogen-bond donors (Lipinski definition) is 1. The number of benzene rings is 2. The molecular weight excluding hydrogens is 317 g/mol. The van der Waals surface area contributed by atoms with Gasteiger partial charge in [-0.25, -0.2) is 4.39 Å². The van der Waals surface area contributed by atoms with Gasteiger partial charge in [0.05, 0.1) is 4.47 Å². The Labute approximate surface area is 127 Å². The maximum absolute atomic E-state index is 13.3. The van der Waals surface area contributed by atoms with E-state index < -0.39 is 0 Å². The van der Waals surface area contributed by atoms with Crippen LogP contribution in [-0.4, -0.2) is 0 Å². The topological polar surface area (TPSA) is 26.0 Å². The van der Waals surface area contributed by atoms with Crippen LogP contribution in [0.5, 0.6) is 0 Å². The molecule has 0 heterocycles. The van der Waals surface area contributed by atoms with Gasteiger partial charge in [0.15, 0.2) is 0 Å². The second-order valence-corrected chi connectivity index (χ2v) is 6.45. The van der Waals surface area contributed by atoms with Gasteiger partial charge in [-0.15, -0.1) is 0 Å². The molecule has 2 aromatic rings. The van der Waals surface area contributed by atoms with Gasteiger partial charge in [0.2, 0.25) is 0 Å². The van der Waals surface area contributed by atoms with E-state index in [1.54, 1.807) is 0 Å². The lowest BCUT2D eigenvalue weighted by atomic mass is 9.74. The zero-order chi connectivity index (χ0) is 14.2. The molecule has 2 aromatic carbocycles. The van der Waals surface area contributed by atoms with E-state index in [4.69, 9.17) is 5.73 Å². The summed E-state index contributed by atoms with van der Waals surface area (Å²) in [7, 11) is 0. The quantitative estimate of drug-likeness (QED) is 0.870. The van der Waals surface area contributed by atoms with E-state index in [0.717, 1.165) is 31.2 Å². The summed E-state index contributed by atoms with van der Waals surface area (Å²) in [6, 6.07) is 13.6. The lowest BCUT2D eigenvalue weighted by Crippen LogP contribution is -2.42.